The molecule has 1 unspecified atom stereocenters. The second-order valence-corrected chi connectivity index (χ2v) is 10.3. The zero-order valence-electron chi connectivity index (χ0n) is 22.4. The number of nitrogens with one attached hydrogen (secondary N) is 1. The molecule has 0 radical (unpaired) electrons. The molecule has 3 aromatic carbocycles. The second kappa shape index (κ2) is 12.6. The molecule has 1 aliphatic heterocycles. The first-order valence-corrected chi connectivity index (χ1v) is 14.1. The summed E-state index contributed by atoms with van der Waals surface area (Å²) >= 11 is 1.49. The minimum absolute atomic E-state index is 0.244. The number of alkyl halides is 4. The summed E-state index contributed by atoms with van der Waals surface area (Å²) in [4.78, 5) is 23.0. The Hall–Kier alpha value is -4.39. The predicted molar refractivity (Wildman–Crippen MR) is 154 cm³/mol. The topological polar surface area (TPSA) is 84.6 Å². The molecular weight excluding hydrogens is 572 g/mol. The van der Waals surface area contributed by atoms with Crippen molar-refractivity contribution in [2.75, 3.05) is 23.7 Å². The van der Waals surface area contributed by atoms with Gasteiger partial charge in [-0.05, 0) is 47.9 Å². The molecule has 2 amide bonds. The minimum atomic E-state index is -4.77. The van der Waals surface area contributed by atoms with Crippen LogP contribution in [0.4, 0.5) is 28.0 Å². The summed E-state index contributed by atoms with van der Waals surface area (Å²) in [6.07, 6.45) is -3.96. The number of amides is 2. The van der Waals surface area contributed by atoms with E-state index in [2.05, 4.69) is 38.1 Å². The van der Waals surface area contributed by atoms with Gasteiger partial charge in [0.05, 0.1) is 12.2 Å². The molecule has 2 heterocycles. The van der Waals surface area contributed by atoms with Gasteiger partial charge in [-0.25, -0.2) is 18.9 Å². The number of rotatable bonds is 8. The number of thioether (sulfide) groups is 1. The largest absolute Gasteiger partial charge is 0.573 e. The first-order valence-electron chi connectivity index (χ1n) is 13.1. The van der Waals surface area contributed by atoms with Crippen LogP contribution in [0.15, 0.2) is 84.1 Å². The maximum atomic E-state index is 14.9. The van der Waals surface area contributed by atoms with E-state index in [4.69, 9.17) is 0 Å². The number of anilines is 1. The van der Waals surface area contributed by atoms with Gasteiger partial charge in [-0.2, -0.15) is 4.99 Å². The van der Waals surface area contributed by atoms with Gasteiger partial charge in [0, 0.05) is 23.5 Å². The van der Waals surface area contributed by atoms with Crippen molar-refractivity contribution in [3.63, 3.8) is 0 Å². The van der Waals surface area contributed by atoms with Gasteiger partial charge in [0.15, 0.2) is 11.0 Å². The third kappa shape index (κ3) is 7.08. The lowest BCUT2D eigenvalue weighted by Crippen LogP contribution is -2.29. The summed E-state index contributed by atoms with van der Waals surface area (Å²) in [5.74, 6) is 0.808. The van der Waals surface area contributed by atoms with E-state index < -0.39 is 18.6 Å². The summed E-state index contributed by atoms with van der Waals surface area (Å²) in [5.41, 5.74) is 3.64. The number of nitrogens with zero attached hydrogens (tertiary/aromatic N) is 5. The number of para-hydroxylation sites is 1. The Balaban J connectivity index is 1.17. The molecule has 218 valence electrons. The van der Waals surface area contributed by atoms with Crippen molar-refractivity contribution < 1.29 is 27.1 Å². The number of aromatic nitrogens is 3. The van der Waals surface area contributed by atoms with Gasteiger partial charge >= 0.3 is 12.4 Å². The Morgan fingerprint density at radius 1 is 1.10 bits per heavy atom. The normalized spacial score (nSPS) is 15.2. The van der Waals surface area contributed by atoms with E-state index in [0.29, 0.717) is 27.8 Å². The van der Waals surface area contributed by atoms with Crippen molar-refractivity contribution in [1.29, 1.82) is 0 Å². The van der Waals surface area contributed by atoms with Crippen LogP contribution in [0.3, 0.4) is 0 Å². The van der Waals surface area contributed by atoms with Gasteiger partial charge < -0.3 is 15.0 Å². The maximum absolute atomic E-state index is 14.9. The molecule has 0 saturated carbocycles. The fourth-order valence-electron chi connectivity index (χ4n) is 4.37. The van der Waals surface area contributed by atoms with Crippen LogP contribution in [0.25, 0.3) is 17.1 Å². The van der Waals surface area contributed by atoms with Crippen molar-refractivity contribution in [3.05, 3.63) is 90.3 Å². The second-order valence-electron chi connectivity index (χ2n) is 9.21. The number of amidine groups is 1. The fraction of sp³-hybridized carbons (Fsp3) is 0.241. The molecular formula is C29H26F4N6O2S. The molecule has 42 heavy (non-hydrogen) atoms. The highest BCUT2D eigenvalue weighted by Gasteiger charge is 2.31. The number of carbonyl (C=O) groups excluding carboxylic acids is 1. The molecule has 1 fully saturated rings. The number of hydrogen-bond donors (Lipinski definition) is 1. The third-order valence-corrected chi connectivity index (χ3v) is 7.38. The van der Waals surface area contributed by atoms with Crippen LogP contribution in [0.2, 0.25) is 0 Å². The van der Waals surface area contributed by atoms with Gasteiger partial charge in [0.25, 0.3) is 0 Å². The number of hydrogen-bond acceptors (Lipinski definition) is 5. The van der Waals surface area contributed by atoms with Crippen molar-refractivity contribution in [1.82, 2.24) is 20.1 Å². The number of ether oxygens (including phenoxy) is 1. The SMILES string of the molecule is CCc1ccccc1N1CCSC1=NC(=O)NCC(F)c1ccc(-c2ncn(-c3ccc(OC(F)(F)F)cc3)n2)cc1. The monoisotopic (exact) mass is 598 g/mol. The third-order valence-electron chi connectivity index (χ3n) is 6.43. The summed E-state index contributed by atoms with van der Waals surface area (Å²) in [5, 5.41) is 7.49. The number of carbonyl (C=O) groups is 1. The number of aliphatic imine (C=N–C) groups is 1. The van der Waals surface area contributed by atoms with Gasteiger partial charge in [-0.15, -0.1) is 18.3 Å². The molecule has 5 rings (SSSR count). The molecule has 0 spiro atoms. The first kappa shape index (κ1) is 29.1. The number of halogens is 4. The van der Waals surface area contributed by atoms with Crippen LogP contribution in [-0.2, 0) is 6.42 Å². The Bertz CT molecular complexity index is 1560. The fourth-order valence-corrected chi connectivity index (χ4v) is 5.32. The number of benzene rings is 3. The number of aryl methyl sites for hydroxylation is 1. The molecule has 1 N–H and O–H groups in total. The van der Waals surface area contributed by atoms with Crippen LogP contribution in [-0.4, -0.2) is 51.2 Å². The predicted octanol–water partition coefficient (Wildman–Crippen LogP) is 6.72. The summed E-state index contributed by atoms with van der Waals surface area (Å²) in [6.45, 7) is 2.57. The Labute approximate surface area is 243 Å². The lowest BCUT2D eigenvalue weighted by Gasteiger charge is -2.21. The van der Waals surface area contributed by atoms with E-state index in [9.17, 15) is 22.4 Å². The number of urea groups is 1. The molecule has 13 heteroatoms. The van der Waals surface area contributed by atoms with E-state index in [1.165, 1.54) is 47.0 Å². The molecule has 8 nitrogen and oxygen atoms in total. The van der Waals surface area contributed by atoms with Crippen LogP contribution in [0.5, 0.6) is 5.75 Å². The summed E-state index contributed by atoms with van der Waals surface area (Å²) < 4.78 is 57.4. The lowest BCUT2D eigenvalue weighted by molar-refractivity contribution is -0.274. The van der Waals surface area contributed by atoms with Crippen molar-refractivity contribution >= 4 is 28.6 Å². The molecule has 0 aliphatic carbocycles. The molecule has 1 aromatic heterocycles. The Morgan fingerprint density at radius 2 is 1.83 bits per heavy atom. The van der Waals surface area contributed by atoms with Crippen LogP contribution < -0.4 is 15.0 Å². The van der Waals surface area contributed by atoms with Gasteiger partial charge in [0.2, 0.25) is 0 Å². The highest BCUT2D eigenvalue weighted by molar-refractivity contribution is 8.14. The zero-order chi connectivity index (χ0) is 29.7. The van der Waals surface area contributed by atoms with E-state index in [0.717, 1.165) is 30.0 Å². The first-order chi connectivity index (χ1) is 20.2. The van der Waals surface area contributed by atoms with Gasteiger partial charge in [-0.3, -0.25) is 0 Å². The standard InChI is InChI=1S/C29H26F4N6O2S/c1-2-19-5-3-4-6-25(19)38-15-16-42-28(38)36-27(40)34-17-24(30)20-7-9-21(10-8-20)26-35-18-39(37-26)22-11-13-23(14-12-22)41-29(31,32)33/h3-14,18,24H,2,15-17H2,1H3,(H,34,40). The average Bonchev–Trinajstić information content (AvgIpc) is 3.66. The van der Waals surface area contributed by atoms with E-state index in [1.807, 2.05) is 23.1 Å². The van der Waals surface area contributed by atoms with Crippen LogP contribution in [0, 0.1) is 0 Å². The molecule has 0 bridgehead atoms. The quantitative estimate of drug-likeness (QED) is 0.227. The Morgan fingerprint density at radius 3 is 2.55 bits per heavy atom. The minimum Gasteiger partial charge on any atom is -0.406 e. The van der Waals surface area contributed by atoms with E-state index in [1.54, 1.807) is 24.3 Å². The Kier molecular flexibility index (Phi) is 8.76. The van der Waals surface area contributed by atoms with Gasteiger partial charge in [0.1, 0.15) is 18.2 Å². The highest BCUT2D eigenvalue weighted by atomic mass is 32.2. The average molecular weight is 599 g/mol. The van der Waals surface area contributed by atoms with Gasteiger partial charge in [-0.1, -0.05) is 61.2 Å². The van der Waals surface area contributed by atoms with E-state index >= 15 is 0 Å². The van der Waals surface area contributed by atoms with Crippen LogP contribution >= 0.6 is 11.8 Å². The highest BCUT2D eigenvalue weighted by Crippen LogP contribution is 2.29. The summed E-state index contributed by atoms with van der Waals surface area (Å²) in [7, 11) is 0. The van der Waals surface area contributed by atoms with Crippen molar-refractivity contribution in [2.24, 2.45) is 4.99 Å². The van der Waals surface area contributed by atoms with E-state index in [-0.39, 0.29) is 12.3 Å². The summed E-state index contributed by atoms with van der Waals surface area (Å²) in [6, 6.07) is 19.1. The molecule has 1 atom stereocenters. The molecule has 4 aromatic rings. The smallest absolute Gasteiger partial charge is 0.406 e. The van der Waals surface area contributed by atoms with Crippen molar-refractivity contribution in [3.8, 4) is 22.8 Å². The van der Waals surface area contributed by atoms with Crippen LogP contribution in [0.1, 0.15) is 24.2 Å². The molecule has 1 aliphatic rings. The van der Waals surface area contributed by atoms with Crippen molar-refractivity contribution in [2.45, 2.75) is 25.9 Å². The maximum Gasteiger partial charge on any atom is 0.573 e. The zero-order valence-corrected chi connectivity index (χ0v) is 23.2. The lowest BCUT2D eigenvalue weighted by atomic mass is 10.1. The molecule has 1 saturated heterocycles.